The molecule has 0 radical (unpaired) electrons. The van der Waals surface area contributed by atoms with Crippen molar-refractivity contribution in [1.82, 2.24) is 9.97 Å². The molecular weight excluding hydrogens is 181 g/mol. The summed E-state index contributed by atoms with van der Waals surface area (Å²) in [5, 5.41) is 0. The van der Waals surface area contributed by atoms with Gasteiger partial charge in [-0.3, -0.25) is 4.98 Å². The zero-order chi connectivity index (χ0) is 9.97. The number of pyridine rings is 2. The maximum atomic E-state index is 12.8. The highest BCUT2D eigenvalue weighted by atomic mass is 19.1. The molecule has 3 nitrogen and oxygen atoms in total. The molecule has 0 fully saturated rings. The normalized spacial score (nSPS) is 10.1. The lowest BCUT2D eigenvalue weighted by atomic mass is 10.1. The van der Waals surface area contributed by atoms with Gasteiger partial charge in [0.15, 0.2) is 0 Å². The van der Waals surface area contributed by atoms with E-state index in [0.29, 0.717) is 11.4 Å². The van der Waals surface area contributed by atoms with Crippen molar-refractivity contribution in [3.63, 3.8) is 0 Å². The molecule has 0 atom stereocenters. The highest BCUT2D eigenvalue weighted by Crippen LogP contribution is 2.18. The minimum Gasteiger partial charge on any atom is -0.384 e. The summed E-state index contributed by atoms with van der Waals surface area (Å²) in [6.45, 7) is 0. The van der Waals surface area contributed by atoms with Crippen molar-refractivity contribution in [3.8, 4) is 11.1 Å². The number of hydrogen-bond donors (Lipinski definition) is 1. The molecule has 0 aromatic carbocycles. The Bertz CT molecular complexity index is 439. The van der Waals surface area contributed by atoms with Gasteiger partial charge >= 0.3 is 0 Å². The van der Waals surface area contributed by atoms with Crippen LogP contribution in [-0.2, 0) is 0 Å². The van der Waals surface area contributed by atoms with Crippen LogP contribution in [0.4, 0.5) is 10.2 Å². The van der Waals surface area contributed by atoms with Crippen molar-refractivity contribution in [2.75, 3.05) is 5.73 Å². The molecule has 2 aromatic heterocycles. The van der Waals surface area contributed by atoms with Gasteiger partial charge in [0.2, 0.25) is 0 Å². The van der Waals surface area contributed by atoms with Crippen LogP contribution in [-0.4, -0.2) is 9.97 Å². The number of nitrogens with zero attached hydrogens (tertiary/aromatic N) is 2. The van der Waals surface area contributed by atoms with Gasteiger partial charge in [0.05, 0.1) is 6.20 Å². The third kappa shape index (κ3) is 1.69. The first-order valence-electron chi connectivity index (χ1n) is 4.08. The Morgan fingerprint density at radius 1 is 1.07 bits per heavy atom. The third-order valence-corrected chi connectivity index (χ3v) is 1.82. The average molecular weight is 189 g/mol. The Labute approximate surface area is 80.4 Å². The van der Waals surface area contributed by atoms with E-state index >= 15 is 0 Å². The van der Waals surface area contributed by atoms with Gasteiger partial charge in [-0.05, 0) is 18.2 Å². The summed E-state index contributed by atoms with van der Waals surface area (Å²) in [7, 11) is 0. The molecule has 0 saturated carbocycles. The maximum Gasteiger partial charge on any atom is 0.142 e. The quantitative estimate of drug-likeness (QED) is 0.744. The van der Waals surface area contributed by atoms with Crippen LogP contribution in [0.1, 0.15) is 0 Å². The predicted molar refractivity (Wildman–Crippen MR) is 51.8 cm³/mol. The summed E-state index contributed by atoms with van der Waals surface area (Å²) in [5.41, 5.74) is 6.92. The van der Waals surface area contributed by atoms with Crippen LogP contribution in [0, 0.1) is 5.82 Å². The maximum absolute atomic E-state index is 12.8. The van der Waals surface area contributed by atoms with E-state index in [4.69, 9.17) is 5.73 Å². The van der Waals surface area contributed by atoms with Gasteiger partial charge in [-0.15, -0.1) is 0 Å². The number of nitrogen functional groups attached to an aromatic ring is 1. The summed E-state index contributed by atoms with van der Waals surface area (Å²) in [4.78, 5) is 7.66. The van der Waals surface area contributed by atoms with E-state index in [9.17, 15) is 4.39 Å². The summed E-state index contributed by atoms with van der Waals surface area (Å²) < 4.78 is 12.8. The topological polar surface area (TPSA) is 51.8 Å². The summed E-state index contributed by atoms with van der Waals surface area (Å²) in [5.74, 6) is 0.0810. The van der Waals surface area contributed by atoms with Gasteiger partial charge in [0.25, 0.3) is 0 Å². The van der Waals surface area contributed by atoms with Crippen molar-refractivity contribution in [3.05, 3.63) is 42.6 Å². The van der Waals surface area contributed by atoms with Crippen LogP contribution in [0.3, 0.4) is 0 Å². The number of hydrogen-bond acceptors (Lipinski definition) is 3. The van der Waals surface area contributed by atoms with E-state index in [0.717, 1.165) is 11.8 Å². The SMILES string of the molecule is Nc1ccc(-c2cncc(F)c2)cn1. The van der Waals surface area contributed by atoms with Crippen LogP contribution < -0.4 is 5.73 Å². The summed E-state index contributed by atoms with van der Waals surface area (Å²) in [6, 6.07) is 4.85. The molecule has 70 valence electrons. The first-order chi connectivity index (χ1) is 6.75. The second-order valence-corrected chi connectivity index (χ2v) is 2.86. The number of halogens is 1. The second-order valence-electron chi connectivity index (χ2n) is 2.86. The standard InChI is InChI=1S/C10H8FN3/c11-9-3-8(4-13-6-9)7-1-2-10(12)14-5-7/h1-6H,(H2,12,14). The van der Waals surface area contributed by atoms with Crippen molar-refractivity contribution >= 4 is 5.82 Å². The number of aromatic nitrogens is 2. The lowest BCUT2D eigenvalue weighted by Gasteiger charge is -2.00. The fourth-order valence-electron chi connectivity index (χ4n) is 1.15. The van der Waals surface area contributed by atoms with E-state index in [2.05, 4.69) is 9.97 Å². The predicted octanol–water partition coefficient (Wildman–Crippen LogP) is 1.86. The van der Waals surface area contributed by atoms with Gasteiger partial charge < -0.3 is 5.73 Å². The first kappa shape index (κ1) is 8.62. The van der Waals surface area contributed by atoms with Crippen LogP contribution in [0.25, 0.3) is 11.1 Å². The molecule has 4 heteroatoms. The summed E-state index contributed by atoms with van der Waals surface area (Å²) >= 11 is 0. The molecule has 14 heavy (non-hydrogen) atoms. The Morgan fingerprint density at radius 3 is 2.57 bits per heavy atom. The van der Waals surface area contributed by atoms with Gasteiger partial charge in [-0.2, -0.15) is 0 Å². The van der Waals surface area contributed by atoms with Crippen molar-refractivity contribution in [2.45, 2.75) is 0 Å². The molecule has 2 N–H and O–H groups in total. The zero-order valence-electron chi connectivity index (χ0n) is 7.31. The number of nitrogens with two attached hydrogens (primary N) is 1. The van der Waals surface area contributed by atoms with E-state index < -0.39 is 0 Å². The van der Waals surface area contributed by atoms with Crippen LogP contribution in [0.2, 0.25) is 0 Å². The highest BCUT2D eigenvalue weighted by molar-refractivity contribution is 5.62. The fraction of sp³-hybridized carbons (Fsp3) is 0. The van der Waals surface area contributed by atoms with Crippen LogP contribution in [0.15, 0.2) is 36.8 Å². The summed E-state index contributed by atoms with van der Waals surface area (Å²) in [6.07, 6.45) is 4.33. The molecule has 0 unspecified atom stereocenters. The van der Waals surface area contributed by atoms with Gasteiger partial charge in [-0.1, -0.05) is 0 Å². The van der Waals surface area contributed by atoms with Gasteiger partial charge in [-0.25, -0.2) is 9.37 Å². The molecule has 2 heterocycles. The fourth-order valence-corrected chi connectivity index (χ4v) is 1.15. The van der Waals surface area contributed by atoms with Crippen molar-refractivity contribution in [2.24, 2.45) is 0 Å². The van der Waals surface area contributed by atoms with Gasteiger partial charge in [0, 0.05) is 23.5 Å². The molecule has 0 aliphatic carbocycles. The minimum atomic E-state index is -0.362. The molecular formula is C10H8FN3. The monoisotopic (exact) mass is 189 g/mol. The average Bonchev–Trinajstić information content (AvgIpc) is 2.19. The van der Waals surface area contributed by atoms with E-state index in [1.165, 1.54) is 6.07 Å². The highest BCUT2D eigenvalue weighted by Gasteiger charge is 1.99. The largest absolute Gasteiger partial charge is 0.384 e. The minimum absolute atomic E-state index is 0.362. The van der Waals surface area contributed by atoms with E-state index in [1.807, 2.05) is 0 Å². The molecule has 0 saturated heterocycles. The van der Waals surface area contributed by atoms with Gasteiger partial charge in [0.1, 0.15) is 11.6 Å². The smallest absolute Gasteiger partial charge is 0.142 e. The molecule has 0 amide bonds. The Kier molecular flexibility index (Phi) is 2.10. The Balaban J connectivity index is 2.44. The number of rotatable bonds is 1. The second kappa shape index (κ2) is 3.41. The Morgan fingerprint density at radius 2 is 1.93 bits per heavy atom. The lowest BCUT2D eigenvalue weighted by Crippen LogP contribution is -1.89. The molecule has 2 aromatic rings. The molecule has 0 spiro atoms. The molecule has 0 aliphatic heterocycles. The molecule has 2 rings (SSSR count). The zero-order valence-corrected chi connectivity index (χ0v) is 7.31. The molecule has 0 bridgehead atoms. The van der Waals surface area contributed by atoms with Crippen LogP contribution >= 0.6 is 0 Å². The van der Waals surface area contributed by atoms with E-state index in [1.54, 1.807) is 24.5 Å². The molecule has 0 aliphatic rings. The number of anilines is 1. The van der Waals surface area contributed by atoms with Crippen molar-refractivity contribution < 1.29 is 4.39 Å². The third-order valence-electron chi connectivity index (χ3n) is 1.82. The lowest BCUT2D eigenvalue weighted by molar-refractivity contribution is 0.622. The van der Waals surface area contributed by atoms with Crippen LogP contribution in [0.5, 0.6) is 0 Å². The van der Waals surface area contributed by atoms with Crippen molar-refractivity contribution in [1.29, 1.82) is 0 Å². The first-order valence-corrected chi connectivity index (χ1v) is 4.08. The Hall–Kier alpha value is -1.97. The van der Waals surface area contributed by atoms with E-state index in [-0.39, 0.29) is 5.82 Å².